The van der Waals surface area contributed by atoms with Gasteiger partial charge in [-0.1, -0.05) is 34.4 Å². The summed E-state index contributed by atoms with van der Waals surface area (Å²) in [4.78, 5) is 16.1. The Labute approximate surface area is 148 Å². The van der Waals surface area contributed by atoms with Crippen molar-refractivity contribution in [3.05, 3.63) is 70.1 Å². The van der Waals surface area contributed by atoms with E-state index in [1.54, 1.807) is 36.7 Å². The molecular formula is C17H13Cl2N3O2. The van der Waals surface area contributed by atoms with Crippen LogP contribution >= 0.6 is 23.2 Å². The van der Waals surface area contributed by atoms with Gasteiger partial charge in [0.1, 0.15) is 0 Å². The predicted molar refractivity (Wildman–Crippen MR) is 92.2 cm³/mol. The third kappa shape index (κ3) is 3.93. The first kappa shape index (κ1) is 16.5. The molecule has 0 aliphatic rings. The van der Waals surface area contributed by atoms with Crippen molar-refractivity contribution < 1.29 is 9.32 Å². The van der Waals surface area contributed by atoms with Crippen molar-refractivity contribution in [3.8, 4) is 11.3 Å². The molecule has 122 valence electrons. The lowest BCUT2D eigenvalue weighted by Gasteiger charge is -2.05. The lowest BCUT2D eigenvalue weighted by atomic mass is 10.1. The standard InChI is InChI=1S/C17H13Cl2N3O2/c18-13-4-3-11(14(19)8-13)5-7-21-17(23)15-9-16(24-22-15)12-2-1-6-20-10-12/h1-4,6,8-10H,5,7H2,(H,21,23). The number of amides is 1. The summed E-state index contributed by atoms with van der Waals surface area (Å²) in [6, 6.07) is 10.5. The summed E-state index contributed by atoms with van der Waals surface area (Å²) in [5.41, 5.74) is 1.89. The molecule has 0 atom stereocenters. The zero-order valence-corrected chi connectivity index (χ0v) is 14.0. The molecule has 1 N–H and O–H groups in total. The van der Waals surface area contributed by atoms with E-state index in [4.69, 9.17) is 27.7 Å². The van der Waals surface area contributed by atoms with Crippen molar-refractivity contribution in [3.63, 3.8) is 0 Å². The van der Waals surface area contributed by atoms with Gasteiger partial charge in [-0.15, -0.1) is 0 Å². The first-order valence-electron chi connectivity index (χ1n) is 7.23. The highest BCUT2D eigenvalue weighted by atomic mass is 35.5. The quantitative estimate of drug-likeness (QED) is 0.745. The molecule has 0 radical (unpaired) electrons. The lowest BCUT2D eigenvalue weighted by Crippen LogP contribution is -2.26. The molecule has 0 fully saturated rings. The Hall–Kier alpha value is -2.37. The molecule has 3 aromatic rings. The number of nitrogens with one attached hydrogen (secondary N) is 1. The van der Waals surface area contributed by atoms with E-state index >= 15 is 0 Å². The normalized spacial score (nSPS) is 10.6. The fourth-order valence-electron chi connectivity index (χ4n) is 2.15. The topological polar surface area (TPSA) is 68.0 Å². The van der Waals surface area contributed by atoms with Crippen molar-refractivity contribution in [2.75, 3.05) is 6.54 Å². The zero-order valence-electron chi connectivity index (χ0n) is 12.5. The molecule has 2 aromatic heterocycles. The molecule has 0 bridgehead atoms. The largest absolute Gasteiger partial charge is 0.355 e. The Bertz CT molecular complexity index is 850. The molecular weight excluding hydrogens is 349 g/mol. The molecule has 24 heavy (non-hydrogen) atoms. The number of aromatic nitrogens is 2. The number of carbonyl (C=O) groups excluding carboxylic acids is 1. The highest BCUT2D eigenvalue weighted by Crippen LogP contribution is 2.21. The van der Waals surface area contributed by atoms with Crippen LogP contribution in [0.25, 0.3) is 11.3 Å². The number of hydrogen-bond donors (Lipinski definition) is 1. The van der Waals surface area contributed by atoms with E-state index in [0.717, 1.165) is 11.1 Å². The van der Waals surface area contributed by atoms with Crippen LogP contribution in [0.5, 0.6) is 0 Å². The Kier molecular flexibility index (Phi) is 5.13. The second kappa shape index (κ2) is 7.47. The molecule has 0 spiro atoms. The van der Waals surface area contributed by atoms with Crippen LogP contribution in [0.15, 0.2) is 53.3 Å². The van der Waals surface area contributed by atoms with E-state index in [9.17, 15) is 4.79 Å². The van der Waals surface area contributed by atoms with Crippen LogP contribution in [0.2, 0.25) is 10.0 Å². The third-order valence-corrected chi connectivity index (χ3v) is 3.97. The smallest absolute Gasteiger partial charge is 0.273 e. The monoisotopic (exact) mass is 361 g/mol. The van der Waals surface area contributed by atoms with Gasteiger partial charge in [0.2, 0.25) is 0 Å². The second-order valence-corrected chi connectivity index (χ2v) is 5.90. The van der Waals surface area contributed by atoms with E-state index < -0.39 is 0 Å². The predicted octanol–water partition coefficient (Wildman–Crippen LogP) is 4.02. The fourth-order valence-corrected chi connectivity index (χ4v) is 2.66. The molecule has 7 heteroatoms. The molecule has 1 aromatic carbocycles. The fraction of sp³-hybridized carbons (Fsp3) is 0.118. The molecule has 0 unspecified atom stereocenters. The zero-order chi connectivity index (χ0) is 16.9. The summed E-state index contributed by atoms with van der Waals surface area (Å²) in [7, 11) is 0. The minimum absolute atomic E-state index is 0.219. The van der Waals surface area contributed by atoms with E-state index in [1.165, 1.54) is 0 Å². The van der Waals surface area contributed by atoms with Crippen LogP contribution in [0.4, 0.5) is 0 Å². The average molecular weight is 362 g/mol. The van der Waals surface area contributed by atoms with Gasteiger partial charge < -0.3 is 9.84 Å². The number of halogens is 2. The summed E-state index contributed by atoms with van der Waals surface area (Å²) in [5.74, 6) is 0.188. The lowest BCUT2D eigenvalue weighted by molar-refractivity contribution is 0.0945. The van der Waals surface area contributed by atoms with Crippen LogP contribution in [-0.2, 0) is 6.42 Å². The number of rotatable bonds is 5. The molecule has 0 saturated carbocycles. The molecule has 0 saturated heterocycles. The Morgan fingerprint density at radius 1 is 1.21 bits per heavy atom. The number of benzene rings is 1. The summed E-state index contributed by atoms with van der Waals surface area (Å²) in [6.45, 7) is 0.426. The van der Waals surface area contributed by atoms with Crippen molar-refractivity contribution >= 4 is 29.1 Å². The minimum Gasteiger partial charge on any atom is -0.355 e. The highest BCUT2D eigenvalue weighted by Gasteiger charge is 2.13. The van der Waals surface area contributed by atoms with Crippen molar-refractivity contribution in [2.24, 2.45) is 0 Å². The van der Waals surface area contributed by atoms with Crippen LogP contribution in [-0.4, -0.2) is 22.6 Å². The van der Waals surface area contributed by atoms with E-state index in [2.05, 4.69) is 15.5 Å². The van der Waals surface area contributed by atoms with Crippen LogP contribution in [0.1, 0.15) is 16.1 Å². The van der Waals surface area contributed by atoms with Gasteiger partial charge in [0.05, 0.1) is 0 Å². The number of pyridine rings is 1. The van der Waals surface area contributed by atoms with Gasteiger partial charge in [-0.2, -0.15) is 0 Å². The maximum atomic E-state index is 12.1. The van der Waals surface area contributed by atoms with Gasteiger partial charge in [-0.05, 0) is 36.2 Å². The number of nitrogens with zero attached hydrogens (tertiary/aromatic N) is 2. The van der Waals surface area contributed by atoms with Crippen molar-refractivity contribution in [1.29, 1.82) is 0 Å². The Balaban J connectivity index is 1.59. The first-order chi connectivity index (χ1) is 11.6. The molecule has 0 aliphatic carbocycles. The van der Waals surface area contributed by atoms with E-state index in [0.29, 0.717) is 28.8 Å². The minimum atomic E-state index is -0.307. The summed E-state index contributed by atoms with van der Waals surface area (Å²) < 4.78 is 5.18. The van der Waals surface area contributed by atoms with Crippen LogP contribution in [0, 0.1) is 0 Å². The molecule has 5 nitrogen and oxygen atoms in total. The second-order valence-electron chi connectivity index (χ2n) is 5.06. The van der Waals surface area contributed by atoms with Crippen LogP contribution in [0.3, 0.4) is 0 Å². The van der Waals surface area contributed by atoms with E-state index in [1.807, 2.05) is 12.1 Å². The number of carbonyl (C=O) groups is 1. The molecule has 3 rings (SSSR count). The third-order valence-electron chi connectivity index (χ3n) is 3.38. The summed E-state index contributed by atoms with van der Waals surface area (Å²) in [6.07, 6.45) is 3.90. The Morgan fingerprint density at radius 2 is 2.08 bits per heavy atom. The van der Waals surface area contributed by atoms with Crippen molar-refractivity contribution in [1.82, 2.24) is 15.5 Å². The Morgan fingerprint density at radius 3 is 2.83 bits per heavy atom. The molecule has 0 aliphatic heterocycles. The summed E-state index contributed by atoms with van der Waals surface area (Å²) >= 11 is 12.0. The van der Waals surface area contributed by atoms with Gasteiger partial charge in [-0.25, -0.2) is 0 Å². The van der Waals surface area contributed by atoms with Gasteiger partial charge >= 0.3 is 0 Å². The molecule has 2 heterocycles. The van der Waals surface area contributed by atoms with Gasteiger partial charge in [0.15, 0.2) is 11.5 Å². The first-order valence-corrected chi connectivity index (χ1v) is 7.98. The van der Waals surface area contributed by atoms with Gasteiger partial charge in [-0.3, -0.25) is 9.78 Å². The van der Waals surface area contributed by atoms with Crippen molar-refractivity contribution in [2.45, 2.75) is 6.42 Å². The molecule has 1 amide bonds. The maximum absolute atomic E-state index is 12.1. The highest BCUT2D eigenvalue weighted by molar-refractivity contribution is 6.35. The van der Waals surface area contributed by atoms with Crippen LogP contribution < -0.4 is 5.32 Å². The van der Waals surface area contributed by atoms with E-state index in [-0.39, 0.29) is 11.6 Å². The summed E-state index contributed by atoms with van der Waals surface area (Å²) in [5, 5.41) is 7.74. The maximum Gasteiger partial charge on any atom is 0.273 e. The van der Waals surface area contributed by atoms with Gasteiger partial charge in [0.25, 0.3) is 5.91 Å². The van der Waals surface area contributed by atoms with Gasteiger partial charge in [0, 0.05) is 40.6 Å². The number of hydrogen-bond acceptors (Lipinski definition) is 4. The SMILES string of the molecule is O=C(NCCc1ccc(Cl)cc1Cl)c1cc(-c2cccnc2)on1. The average Bonchev–Trinajstić information content (AvgIpc) is 3.08.